The van der Waals surface area contributed by atoms with Gasteiger partial charge in [0.25, 0.3) is 5.95 Å². The highest BCUT2D eigenvalue weighted by Crippen LogP contribution is 2.30. The molecule has 0 amide bonds. The van der Waals surface area contributed by atoms with Crippen LogP contribution in [0.5, 0.6) is 5.95 Å². The smallest absolute Gasteiger partial charge is 0.296 e. The van der Waals surface area contributed by atoms with E-state index >= 15 is 0 Å². The number of fused-ring (bicyclic) bond motifs is 1. The van der Waals surface area contributed by atoms with Gasteiger partial charge >= 0.3 is 0 Å². The van der Waals surface area contributed by atoms with Crippen molar-refractivity contribution in [3.8, 4) is 5.95 Å². The first-order valence-corrected chi connectivity index (χ1v) is 4.28. The Kier molecular flexibility index (Phi) is 2.00. The second-order valence-electron chi connectivity index (χ2n) is 3.12. The van der Waals surface area contributed by atoms with Crippen LogP contribution in [0.2, 0.25) is 0 Å². The van der Waals surface area contributed by atoms with Crippen molar-refractivity contribution in [2.45, 2.75) is 6.92 Å². The Morgan fingerprint density at radius 2 is 2.21 bits per heavy atom. The Labute approximate surface area is 81.3 Å². The summed E-state index contributed by atoms with van der Waals surface area (Å²) in [6.45, 7) is 1.97. The molecule has 2 rings (SSSR count). The Bertz CT molecular complexity index is 482. The molecular weight excluding hydrogens is 180 g/mol. The fourth-order valence-corrected chi connectivity index (χ4v) is 1.46. The quantitative estimate of drug-likeness (QED) is 0.683. The zero-order chi connectivity index (χ0) is 10.1. The molecular formula is C11H10O3. The van der Waals surface area contributed by atoms with Gasteiger partial charge in [0.1, 0.15) is 11.1 Å². The van der Waals surface area contributed by atoms with Gasteiger partial charge in [0.2, 0.25) is 0 Å². The molecule has 0 spiro atoms. The van der Waals surface area contributed by atoms with E-state index < -0.39 is 0 Å². The summed E-state index contributed by atoms with van der Waals surface area (Å²) in [5.74, 6) is 0.278. The summed E-state index contributed by atoms with van der Waals surface area (Å²) in [6.07, 6.45) is 0.750. The van der Waals surface area contributed by atoms with Crippen LogP contribution in [-0.4, -0.2) is 13.4 Å². The van der Waals surface area contributed by atoms with Crippen LogP contribution in [0.4, 0.5) is 0 Å². The maximum atomic E-state index is 10.8. The lowest BCUT2D eigenvalue weighted by atomic mass is 10.1. The number of carbonyl (C=O) groups excluding carboxylic acids is 1. The van der Waals surface area contributed by atoms with E-state index in [2.05, 4.69) is 0 Å². The van der Waals surface area contributed by atoms with Crippen LogP contribution in [0.15, 0.2) is 22.6 Å². The Hall–Kier alpha value is -1.77. The molecule has 0 N–H and O–H groups in total. The molecule has 0 saturated heterocycles. The van der Waals surface area contributed by atoms with Gasteiger partial charge in [0.05, 0.1) is 7.11 Å². The van der Waals surface area contributed by atoms with Crippen LogP contribution >= 0.6 is 0 Å². The second kappa shape index (κ2) is 3.18. The minimum Gasteiger partial charge on any atom is -0.468 e. The van der Waals surface area contributed by atoms with Gasteiger partial charge in [-0.2, -0.15) is 0 Å². The number of aldehydes is 1. The molecule has 1 aromatic heterocycles. The van der Waals surface area contributed by atoms with E-state index in [4.69, 9.17) is 9.15 Å². The van der Waals surface area contributed by atoms with Crippen LogP contribution in [0.1, 0.15) is 15.9 Å². The number of ether oxygens (including phenoxy) is 1. The number of benzene rings is 1. The molecule has 3 heteroatoms. The zero-order valence-electron chi connectivity index (χ0n) is 8.03. The van der Waals surface area contributed by atoms with Crippen molar-refractivity contribution >= 4 is 17.3 Å². The first kappa shape index (κ1) is 8.81. The summed E-state index contributed by atoms with van der Waals surface area (Å²) in [5.41, 5.74) is 2.25. The lowest BCUT2D eigenvalue weighted by Gasteiger charge is -1.91. The van der Waals surface area contributed by atoms with E-state index in [1.54, 1.807) is 0 Å². The highest BCUT2D eigenvalue weighted by Gasteiger charge is 2.13. The molecule has 14 heavy (non-hydrogen) atoms. The van der Waals surface area contributed by atoms with Gasteiger partial charge in [-0.15, -0.1) is 0 Å². The lowest BCUT2D eigenvalue weighted by molar-refractivity contribution is 0.111. The minimum absolute atomic E-state index is 0.278. The lowest BCUT2D eigenvalue weighted by Crippen LogP contribution is -1.84. The SMILES string of the molecule is COc1oc2cc(C)ccc2c1C=O. The van der Waals surface area contributed by atoms with Crippen molar-refractivity contribution < 1.29 is 13.9 Å². The van der Waals surface area contributed by atoms with Crippen molar-refractivity contribution in [1.82, 2.24) is 0 Å². The second-order valence-corrected chi connectivity index (χ2v) is 3.12. The van der Waals surface area contributed by atoms with Crippen molar-refractivity contribution in [1.29, 1.82) is 0 Å². The number of aryl methyl sites for hydroxylation is 1. The van der Waals surface area contributed by atoms with Crippen LogP contribution in [0.3, 0.4) is 0 Å². The number of rotatable bonds is 2. The molecule has 0 radical (unpaired) electrons. The molecule has 0 bridgehead atoms. The molecule has 0 unspecified atom stereocenters. The molecule has 72 valence electrons. The predicted molar refractivity (Wildman–Crippen MR) is 52.9 cm³/mol. The Balaban J connectivity index is 2.79. The Morgan fingerprint density at radius 1 is 1.43 bits per heavy atom. The summed E-state index contributed by atoms with van der Waals surface area (Å²) in [4.78, 5) is 10.8. The maximum absolute atomic E-state index is 10.8. The third-order valence-corrected chi connectivity index (χ3v) is 2.15. The number of methoxy groups -OCH3 is 1. The van der Waals surface area contributed by atoms with Gasteiger partial charge in [0.15, 0.2) is 6.29 Å². The van der Waals surface area contributed by atoms with Crippen molar-refractivity contribution in [3.63, 3.8) is 0 Å². The van der Waals surface area contributed by atoms with Crippen molar-refractivity contribution in [2.75, 3.05) is 7.11 Å². The van der Waals surface area contributed by atoms with Gasteiger partial charge in [-0.1, -0.05) is 6.07 Å². The van der Waals surface area contributed by atoms with Crippen LogP contribution in [0, 0.1) is 6.92 Å². The van der Waals surface area contributed by atoms with Gasteiger partial charge in [0, 0.05) is 5.39 Å². The van der Waals surface area contributed by atoms with E-state index in [-0.39, 0.29) is 5.95 Å². The standard InChI is InChI=1S/C11H10O3/c1-7-3-4-8-9(6-12)11(13-2)14-10(8)5-7/h3-6H,1-2H3. The molecule has 0 aliphatic rings. The average Bonchev–Trinajstić information content (AvgIpc) is 2.54. The van der Waals surface area contributed by atoms with Gasteiger partial charge in [-0.3, -0.25) is 4.79 Å². The molecule has 3 nitrogen and oxygen atoms in total. The molecule has 0 fully saturated rings. The number of furan rings is 1. The van der Waals surface area contributed by atoms with Gasteiger partial charge < -0.3 is 9.15 Å². The zero-order valence-corrected chi connectivity index (χ0v) is 8.03. The normalized spacial score (nSPS) is 10.4. The van der Waals surface area contributed by atoms with Crippen LogP contribution in [0.25, 0.3) is 11.0 Å². The monoisotopic (exact) mass is 190 g/mol. The topological polar surface area (TPSA) is 39.4 Å². The molecule has 2 aromatic rings. The molecule has 0 saturated carbocycles. The molecule has 1 aromatic carbocycles. The van der Waals surface area contributed by atoms with Gasteiger partial charge in [-0.05, 0) is 24.6 Å². The third kappa shape index (κ3) is 1.18. The molecule has 0 aliphatic heterocycles. The van der Waals surface area contributed by atoms with Gasteiger partial charge in [-0.25, -0.2) is 0 Å². The minimum atomic E-state index is 0.278. The Morgan fingerprint density at radius 3 is 2.86 bits per heavy atom. The largest absolute Gasteiger partial charge is 0.468 e. The first-order chi connectivity index (χ1) is 6.76. The number of hydrogen-bond acceptors (Lipinski definition) is 3. The maximum Gasteiger partial charge on any atom is 0.296 e. The fraction of sp³-hybridized carbons (Fsp3) is 0.182. The molecule has 0 aliphatic carbocycles. The van der Waals surface area contributed by atoms with E-state index in [0.717, 1.165) is 17.2 Å². The third-order valence-electron chi connectivity index (χ3n) is 2.15. The molecule has 1 heterocycles. The van der Waals surface area contributed by atoms with Crippen molar-refractivity contribution in [3.05, 3.63) is 29.3 Å². The fourth-order valence-electron chi connectivity index (χ4n) is 1.46. The highest BCUT2D eigenvalue weighted by molar-refractivity contribution is 5.98. The highest BCUT2D eigenvalue weighted by atomic mass is 16.6. The van der Waals surface area contributed by atoms with Crippen LogP contribution < -0.4 is 4.74 Å². The average molecular weight is 190 g/mol. The van der Waals surface area contributed by atoms with Crippen LogP contribution in [-0.2, 0) is 0 Å². The van der Waals surface area contributed by atoms with Crippen molar-refractivity contribution in [2.24, 2.45) is 0 Å². The van der Waals surface area contributed by atoms with E-state index in [9.17, 15) is 4.79 Å². The van der Waals surface area contributed by atoms with E-state index in [1.807, 2.05) is 25.1 Å². The number of carbonyl (C=O) groups is 1. The summed E-state index contributed by atoms with van der Waals surface area (Å²) in [6, 6.07) is 5.68. The van der Waals surface area contributed by atoms with E-state index in [1.165, 1.54) is 7.11 Å². The predicted octanol–water partition coefficient (Wildman–Crippen LogP) is 2.56. The summed E-state index contributed by atoms with van der Waals surface area (Å²) in [7, 11) is 1.48. The van der Waals surface area contributed by atoms with E-state index in [0.29, 0.717) is 11.1 Å². The summed E-state index contributed by atoms with van der Waals surface area (Å²) >= 11 is 0. The summed E-state index contributed by atoms with van der Waals surface area (Å²) < 4.78 is 10.3. The molecule has 0 atom stereocenters. The number of hydrogen-bond donors (Lipinski definition) is 0. The first-order valence-electron chi connectivity index (χ1n) is 4.28. The summed E-state index contributed by atoms with van der Waals surface area (Å²) in [5, 5.41) is 0.794.